The third-order valence-electron chi connectivity index (χ3n) is 4.49. The normalized spacial score (nSPS) is 11.5. The number of benzene rings is 2. The molecule has 0 unspecified atom stereocenters. The fraction of sp³-hybridized carbons (Fsp3) is 0.211. The predicted octanol–water partition coefficient (Wildman–Crippen LogP) is 3.76. The molecular weight excluding hydrogens is 332 g/mol. The number of hydrogen-bond donors (Lipinski definition) is 0. The molecular formula is C19H18N4OS. The highest BCUT2D eigenvalue weighted by Crippen LogP contribution is 2.24. The number of fused-ring (bicyclic) bond motifs is 3. The van der Waals surface area contributed by atoms with Crippen LogP contribution >= 0.6 is 11.8 Å². The molecule has 25 heavy (non-hydrogen) atoms. The van der Waals surface area contributed by atoms with Crippen LogP contribution in [0.3, 0.4) is 0 Å². The molecule has 0 amide bonds. The topological polar surface area (TPSA) is 52.2 Å². The van der Waals surface area contributed by atoms with Gasteiger partial charge >= 0.3 is 0 Å². The maximum Gasteiger partial charge on any atom is 0.267 e. The molecule has 0 spiro atoms. The number of nitrogens with zero attached hydrogens (tertiary/aromatic N) is 4. The molecule has 0 saturated heterocycles. The molecule has 0 fully saturated rings. The molecule has 0 aliphatic heterocycles. The minimum Gasteiger partial charge on any atom is -0.268 e. The van der Waals surface area contributed by atoms with Gasteiger partial charge in [-0.15, -0.1) is 10.2 Å². The van der Waals surface area contributed by atoms with Gasteiger partial charge in [-0.25, -0.2) is 4.57 Å². The van der Waals surface area contributed by atoms with Crippen LogP contribution in [0, 0.1) is 13.8 Å². The van der Waals surface area contributed by atoms with E-state index in [0.29, 0.717) is 11.2 Å². The summed E-state index contributed by atoms with van der Waals surface area (Å²) in [5.41, 5.74) is 3.82. The van der Waals surface area contributed by atoms with Crippen molar-refractivity contribution in [2.24, 2.45) is 0 Å². The van der Waals surface area contributed by atoms with Crippen LogP contribution in [0.15, 0.2) is 52.4 Å². The SMILES string of the molecule is CCSc1nnc2n(-c3cccc(C)c3C)c(=O)c3ccccc3n12. The summed E-state index contributed by atoms with van der Waals surface area (Å²) >= 11 is 1.62. The van der Waals surface area contributed by atoms with E-state index in [1.165, 1.54) is 0 Å². The van der Waals surface area contributed by atoms with Gasteiger partial charge in [0.25, 0.3) is 5.56 Å². The first kappa shape index (κ1) is 15.9. The van der Waals surface area contributed by atoms with Crippen LogP contribution in [0.25, 0.3) is 22.4 Å². The molecule has 5 nitrogen and oxygen atoms in total. The number of thioether (sulfide) groups is 1. The van der Waals surface area contributed by atoms with Crippen LogP contribution in [0.5, 0.6) is 0 Å². The summed E-state index contributed by atoms with van der Waals surface area (Å²) in [6.07, 6.45) is 0. The van der Waals surface area contributed by atoms with Crippen LogP contribution < -0.4 is 5.56 Å². The van der Waals surface area contributed by atoms with Crippen LogP contribution in [-0.2, 0) is 0 Å². The molecule has 0 N–H and O–H groups in total. The van der Waals surface area contributed by atoms with Gasteiger partial charge in [0.2, 0.25) is 5.78 Å². The Kier molecular flexibility index (Phi) is 3.84. The van der Waals surface area contributed by atoms with Crippen molar-refractivity contribution in [2.45, 2.75) is 25.9 Å². The largest absolute Gasteiger partial charge is 0.268 e. The van der Waals surface area contributed by atoms with Gasteiger partial charge < -0.3 is 0 Å². The lowest BCUT2D eigenvalue weighted by molar-refractivity contribution is 0.928. The van der Waals surface area contributed by atoms with Gasteiger partial charge in [-0.2, -0.15) is 0 Å². The Labute approximate surface area is 149 Å². The first-order valence-electron chi connectivity index (χ1n) is 8.21. The van der Waals surface area contributed by atoms with E-state index in [1.807, 2.05) is 60.7 Å². The van der Waals surface area contributed by atoms with E-state index in [4.69, 9.17) is 0 Å². The third kappa shape index (κ3) is 2.36. The minimum atomic E-state index is -0.0720. The van der Waals surface area contributed by atoms with Crippen molar-refractivity contribution in [1.82, 2.24) is 19.2 Å². The van der Waals surface area contributed by atoms with Gasteiger partial charge in [-0.1, -0.05) is 43.0 Å². The molecule has 2 aromatic carbocycles. The molecule has 0 aliphatic rings. The zero-order valence-electron chi connectivity index (χ0n) is 14.4. The van der Waals surface area contributed by atoms with Crippen molar-refractivity contribution in [2.75, 3.05) is 5.75 Å². The summed E-state index contributed by atoms with van der Waals surface area (Å²) in [5, 5.41) is 10.1. The summed E-state index contributed by atoms with van der Waals surface area (Å²) in [5.74, 6) is 1.44. The second-order valence-corrected chi connectivity index (χ2v) is 7.16. The molecule has 2 heterocycles. The first-order valence-corrected chi connectivity index (χ1v) is 9.20. The number of aromatic nitrogens is 4. The van der Waals surface area contributed by atoms with Crippen LogP contribution in [0.1, 0.15) is 18.1 Å². The summed E-state index contributed by atoms with van der Waals surface area (Å²) in [6, 6.07) is 13.6. The molecule has 0 bridgehead atoms. The van der Waals surface area contributed by atoms with Gasteiger partial charge in [0.1, 0.15) is 0 Å². The Morgan fingerprint density at radius 2 is 1.84 bits per heavy atom. The van der Waals surface area contributed by atoms with Crippen molar-refractivity contribution >= 4 is 28.4 Å². The highest BCUT2D eigenvalue weighted by molar-refractivity contribution is 7.99. The molecule has 4 aromatic rings. The molecule has 4 rings (SSSR count). The highest BCUT2D eigenvalue weighted by Gasteiger charge is 2.18. The fourth-order valence-electron chi connectivity index (χ4n) is 3.10. The lowest BCUT2D eigenvalue weighted by Crippen LogP contribution is -2.22. The smallest absolute Gasteiger partial charge is 0.267 e. The van der Waals surface area contributed by atoms with E-state index >= 15 is 0 Å². The number of aryl methyl sites for hydroxylation is 1. The summed E-state index contributed by atoms with van der Waals surface area (Å²) in [6.45, 7) is 6.15. The van der Waals surface area contributed by atoms with E-state index in [1.54, 1.807) is 16.3 Å². The zero-order valence-corrected chi connectivity index (χ0v) is 15.2. The van der Waals surface area contributed by atoms with E-state index in [0.717, 1.165) is 33.2 Å². The minimum absolute atomic E-state index is 0.0720. The molecule has 2 aromatic heterocycles. The van der Waals surface area contributed by atoms with Crippen molar-refractivity contribution < 1.29 is 0 Å². The Morgan fingerprint density at radius 3 is 2.64 bits per heavy atom. The molecule has 6 heteroatoms. The second kappa shape index (κ2) is 6.04. The lowest BCUT2D eigenvalue weighted by atomic mass is 10.1. The lowest BCUT2D eigenvalue weighted by Gasteiger charge is -2.14. The van der Waals surface area contributed by atoms with Gasteiger partial charge in [0, 0.05) is 0 Å². The molecule has 0 radical (unpaired) electrons. The monoisotopic (exact) mass is 350 g/mol. The molecule has 0 atom stereocenters. The fourth-order valence-corrected chi connectivity index (χ4v) is 3.76. The maximum atomic E-state index is 13.2. The van der Waals surface area contributed by atoms with E-state index in [9.17, 15) is 4.79 Å². The number of hydrogen-bond acceptors (Lipinski definition) is 4. The molecule has 126 valence electrons. The van der Waals surface area contributed by atoms with Crippen LogP contribution in [-0.4, -0.2) is 24.9 Å². The van der Waals surface area contributed by atoms with E-state index in [-0.39, 0.29) is 5.56 Å². The van der Waals surface area contributed by atoms with Crippen molar-refractivity contribution in [1.29, 1.82) is 0 Å². The van der Waals surface area contributed by atoms with Crippen molar-refractivity contribution in [3.05, 3.63) is 63.9 Å². The van der Waals surface area contributed by atoms with E-state index < -0.39 is 0 Å². The van der Waals surface area contributed by atoms with Gasteiger partial charge in [-0.05, 0) is 48.9 Å². The maximum absolute atomic E-state index is 13.2. The zero-order chi connectivity index (χ0) is 17.6. The van der Waals surface area contributed by atoms with Gasteiger partial charge in [0.05, 0.1) is 16.6 Å². The Morgan fingerprint density at radius 1 is 1.04 bits per heavy atom. The second-order valence-electron chi connectivity index (χ2n) is 5.93. The van der Waals surface area contributed by atoms with Gasteiger partial charge in [0.15, 0.2) is 5.16 Å². The standard InChI is InChI=1S/C19H18N4OS/c1-4-25-19-21-20-18-22(15-11-7-8-12(2)13(15)3)17(24)14-9-5-6-10-16(14)23(18)19/h5-11H,4H2,1-3H3. The Balaban J connectivity index is 2.22. The summed E-state index contributed by atoms with van der Waals surface area (Å²) < 4.78 is 3.66. The first-order chi connectivity index (χ1) is 12.1. The van der Waals surface area contributed by atoms with Crippen LogP contribution in [0.2, 0.25) is 0 Å². The Bertz CT molecular complexity index is 1160. The number of rotatable bonds is 3. The quantitative estimate of drug-likeness (QED) is 0.528. The highest BCUT2D eigenvalue weighted by atomic mass is 32.2. The third-order valence-corrected chi connectivity index (χ3v) is 5.30. The average molecular weight is 350 g/mol. The molecule has 0 saturated carbocycles. The van der Waals surface area contributed by atoms with Crippen molar-refractivity contribution in [3.8, 4) is 5.69 Å². The van der Waals surface area contributed by atoms with Gasteiger partial charge in [-0.3, -0.25) is 9.20 Å². The summed E-state index contributed by atoms with van der Waals surface area (Å²) in [4.78, 5) is 13.2. The predicted molar refractivity (Wildman–Crippen MR) is 102 cm³/mol. The van der Waals surface area contributed by atoms with Crippen molar-refractivity contribution in [3.63, 3.8) is 0 Å². The summed E-state index contributed by atoms with van der Waals surface area (Å²) in [7, 11) is 0. The van der Waals surface area contributed by atoms with Crippen LogP contribution in [0.4, 0.5) is 0 Å². The van der Waals surface area contributed by atoms with E-state index in [2.05, 4.69) is 17.1 Å². The number of para-hydroxylation sites is 1. The average Bonchev–Trinajstić information content (AvgIpc) is 3.03. The Hall–Kier alpha value is -2.60. The molecule has 0 aliphatic carbocycles.